The van der Waals surface area contributed by atoms with Crippen molar-refractivity contribution in [2.24, 2.45) is 0 Å². The highest BCUT2D eigenvalue weighted by Gasteiger charge is 2.30. The number of benzene rings is 2. The van der Waals surface area contributed by atoms with Crippen LogP contribution in [0.1, 0.15) is 36.5 Å². The van der Waals surface area contributed by atoms with Crippen molar-refractivity contribution in [3.63, 3.8) is 0 Å². The van der Waals surface area contributed by atoms with Crippen LogP contribution in [0.2, 0.25) is 0 Å². The van der Waals surface area contributed by atoms with E-state index in [2.05, 4.69) is 21.2 Å². The number of anilines is 1. The second kappa shape index (κ2) is 7.90. The molecule has 1 heterocycles. The van der Waals surface area contributed by atoms with Crippen LogP contribution in [0.25, 0.3) is 0 Å². The minimum atomic E-state index is -3.53. The number of amides is 1. The normalized spacial score (nSPS) is 18.5. The summed E-state index contributed by atoms with van der Waals surface area (Å²) in [6.07, 6.45) is 2.82. The van der Waals surface area contributed by atoms with Gasteiger partial charge in [-0.25, -0.2) is 8.42 Å². The van der Waals surface area contributed by atoms with Gasteiger partial charge in [0.25, 0.3) is 5.91 Å². The van der Waals surface area contributed by atoms with Gasteiger partial charge in [-0.2, -0.15) is 4.31 Å². The maximum absolute atomic E-state index is 12.8. The van der Waals surface area contributed by atoms with Crippen LogP contribution in [0.3, 0.4) is 0 Å². The summed E-state index contributed by atoms with van der Waals surface area (Å²) in [6.45, 7) is 2.49. The molecule has 1 N–H and O–H groups in total. The van der Waals surface area contributed by atoms with Gasteiger partial charge < -0.3 is 5.32 Å². The first-order valence-electron chi connectivity index (χ1n) is 8.57. The van der Waals surface area contributed by atoms with Gasteiger partial charge in [-0.15, -0.1) is 0 Å². The van der Waals surface area contributed by atoms with Crippen LogP contribution < -0.4 is 5.32 Å². The first kappa shape index (κ1) is 19.1. The van der Waals surface area contributed by atoms with Gasteiger partial charge in [0.05, 0.1) is 10.6 Å². The molecule has 138 valence electrons. The van der Waals surface area contributed by atoms with Gasteiger partial charge >= 0.3 is 0 Å². The van der Waals surface area contributed by atoms with E-state index in [0.29, 0.717) is 17.8 Å². The van der Waals surface area contributed by atoms with Gasteiger partial charge in [-0.05, 0) is 72.1 Å². The van der Waals surface area contributed by atoms with Gasteiger partial charge in [-0.3, -0.25) is 4.79 Å². The third kappa shape index (κ3) is 4.00. The van der Waals surface area contributed by atoms with Crippen molar-refractivity contribution in [2.75, 3.05) is 11.9 Å². The van der Waals surface area contributed by atoms with Crippen LogP contribution in [0, 0.1) is 0 Å². The lowest BCUT2D eigenvalue weighted by atomic mass is 10.1. The Kier molecular flexibility index (Phi) is 5.79. The van der Waals surface area contributed by atoms with E-state index in [4.69, 9.17) is 0 Å². The van der Waals surface area contributed by atoms with Crippen molar-refractivity contribution in [1.29, 1.82) is 0 Å². The molecule has 0 saturated carbocycles. The first-order chi connectivity index (χ1) is 12.4. The summed E-state index contributed by atoms with van der Waals surface area (Å²) in [5, 5.41) is 2.81. The Balaban J connectivity index is 1.77. The lowest BCUT2D eigenvalue weighted by molar-refractivity contribution is 0.102. The Morgan fingerprint density at radius 1 is 1.12 bits per heavy atom. The fourth-order valence-corrected chi connectivity index (χ4v) is 5.18. The molecular formula is C19H21BrN2O3S. The molecule has 2 aromatic carbocycles. The number of hydrogen-bond acceptors (Lipinski definition) is 3. The maximum atomic E-state index is 12.8. The third-order valence-electron chi connectivity index (χ3n) is 4.59. The summed E-state index contributed by atoms with van der Waals surface area (Å²) in [6, 6.07) is 13.4. The molecule has 7 heteroatoms. The average Bonchev–Trinajstić information content (AvgIpc) is 2.64. The Morgan fingerprint density at radius 3 is 2.46 bits per heavy atom. The predicted octanol–water partition coefficient (Wildman–Crippen LogP) is 4.26. The van der Waals surface area contributed by atoms with E-state index in [1.807, 2.05) is 25.1 Å². The van der Waals surface area contributed by atoms with Crippen molar-refractivity contribution < 1.29 is 13.2 Å². The van der Waals surface area contributed by atoms with Crippen LogP contribution in [0.5, 0.6) is 0 Å². The van der Waals surface area contributed by atoms with Crippen molar-refractivity contribution in [3.8, 4) is 0 Å². The van der Waals surface area contributed by atoms with Gasteiger partial charge in [0.1, 0.15) is 0 Å². The fraction of sp³-hybridized carbons (Fsp3) is 0.316. The van der Waals surface area contributed by atoms with E-state index in [1.54, 1.807) is 22.5 Å². The number of sulfonamides is 1. The molecule has 0 spiro atoms. The third-order valence-corrected chi connectivity index (χ3v) is 7.31. The van der Waals surface area contributed by atoms with E-state index in [1.165, 1.54) is 12.1 Å². The maximum Gasteiger partial charge on any atom is 0.255 e. The second-order valence-electron chi connectivity index (χ2n) is 6.42. The van der Waals surface area contributed by atoms with Crippen LogP contribution in [-0.2, 0) is 10.0 Å². The molecule has 0 radical (unpaired) electrons. The van der Waals surface area contributed by atoms with E-state index < -0.39 is 10.0 Å². The van der Waals surface area contributed by atoms with Crippen molar-refractivity contribution in [2.45, 2.75) is 37.1 Å². The number of hydrogen-bond donors (Lipinski definition) is 1. The Hall–Kier alpha value is -1.70. The molecule has 0 bridgehead atoms. The van der Waals surface area contributed by atoms with E-state index >= 15 is 0 Å². The predicted molar refractivity (Wildman–Crippen MR) is 106 cm³/mol. The van der Waals surface area contributed by atoms with E-state index in [-0.39, 0.29) is 16.8 Å². The molecule has 3 rings (SSSR count). The van der Waals surface area contributed by atoms with Gasteiger partial charge in [0, 0.05) is 22.6 Å². The highest BCUT2D eigenvalue weighted by Crippen LogP contribution is 2.26. The largest absolute Gasteiger partial charge is 0.321 e. The zero-order valence-corrected chi connectivity index (χ0v) is 16.9. The van der Waals surface area contributed by atoms with Gasteiger partial charge in [0.2, 0.25) is 10.0 Å². The summed E-state index contributed by atoms with van der Waals surface area (Å²) >= 11 is 3.39. The van der Waals surface area contributed by atoms with Crippen LogP contribution in [0.15, 0.2) is 57.9 Å². The lowest BCUT2D eigenvalue weighted by Gasteiger charge is -2.32. The van der Waals surface area contributed by atoms with E-state index in [0.717, 1.165) is 23.7 Å². The summed E-state index contributed by atoms with van der Waals surface area (Å²) in [5.41, 5.74) is 1.07. The van der Waals surface area contributed by atoms with Crippen LogP contribution in [-0.4, -0.2) is 31.2 Å². The standard InChI is InChI=1S/C19H21BrN2O3S/c1-14-6-4-5-13-22(14)26(24,25)16-11-9-15(10-12-16)19(23)21-18-8-3-2-7-17(18)20/h2-3,7-12,14H,4-6,13H2,1H3,(H,21,23)/t14-/m0/s1. The number of para-hydroxylation sites is 1. The number of rotatable bonds is 4. The van der Waals surface area contributed by atoms with E-state index in [9.17, 15) is 13.2 Å². The quantitative estimate of drug-likeness (QED) is 0.777. The number of nitrogens with one attached hydrogen (secondary N) is 1. The summed E-state index contributed by atoms with van der Waals surface area (Å²) in [4.78, 5) is 12.6. The molecule has 26 heavy (non-hydrogen) atoms. The van der Waals surface area contributed by atoms with Crippen LogP contribution >= 0.6 is 15.9 Å². The summed E-state index contributed by atoms with van der Waals surface area (Å²) in [7, 11) is -3.53. The highest BCUT2D eigenvalue weighted by atomic mass is 79.9. The number of piperidine rings is 1. The SMILES string of the molecule is C[C@H]1CCCCN1S(=O)(=O)c1ccc(C(=O)Nc2ccccc2Br)cc1. The number of nitrogens with zero attached hydrogens (tertiary/aromatic N) is 1. The zero-order chi connectivity index (χ0) is 18.7. The van der Waals surface area contributed by atoms with Crippen LogP contribution in [0.4, 0.5) is 5.69 Å². The molecule has 5 nitrogen and oxygen atoms in total. The molecule has 1 atom stereocenters. The average molecular weight is 437 g/mol. The smallest absolute Gasteiger partial charge is 0.255 e. The summed E-state index contributed by atoms with van der Waals surface area (Å²) in [5.74, 6) is -0.285. The fourth-order valence-electron chi connectivity index (χ4n) is 3.10. The Morgan fingerprint density at radius 2 is 1.81 bits per heavy atom. The van der Waals surface area contributed by atoms with Crippen molar-refractivity contribution in [3.05, 3.63) is 58.6 Å². The zero-order valence-electron chi connectivity index (χ0n) is 14.5. The Labute approximate surface area is 162 Å². The first-order valence-corrected chi connectivity index (χ1v) is 10.8. The molecule has 0 aromatic heterocycles. The highest BCUT2D eigenvalue weighted by molar-refractivity contribution is 9.10. The Bertz CT molecular complexity index is 897. The molecular weight excluding hydrogens is 416 g/mol. The molecule has 1 saturated heterocycles. The summed E-state index contributed by atoms with van der Waals surface area (Å²) < 4.78 is 28.0. The lowest BCUT2D eigenvalue weighted by Crippen LogP contribution is -2.41. The van der Waals surface area contributed by atoms with Crippen molar-refractivity contribution >= 4 is 37.5 Å². The number of carbonyl (C=O) groups excluding carboxylic acids is 1. The monoisotopic (exact) mass is 436 g/mol. The second-order valence-corrected chi connectivity index (χ2v) is 9.16. The number of carbonyl (C=O) groups is 1. The van der Waals surface area contributed by atoms with Gasteiger partial charge in [-0.1, -0.05) is 18.6 Å². The molecule has 1 aliphatic rings. The molecule has 0 unspecified atom stereocenters. The number of halogens is 1. The van der Waals surface area contributed by atoms with Gasteiger partial charge in [0.15, 0.2) is 0 Å². The molecule has 1 fully saturated rings. The minimum absolute atomic E-state index is 0.00663. The molecule has 1 amide bonds. The molecule has 0 aliphatic carbocycles. The topological polar surface area (TPSA) is 66.5 Å². The minimum Gasteiger partial charge on any atom is -0.321 e. The van der Waals surface area contributed by atoms with Crippen molar-refractivity contribution in [1.82, 2.24) is 4.31 Å². The molecule has 2 aromatic rings. The molecule has 1 aliphatic heterocycles.